The Labute approximate surface area is 184 Å². The van der Waals surface area contributed by atoms with Crippen LogP contribution in [0.2, 0.25) is 0 Å². The number of nitrogens with one attached hydrogen (secondary N) is 5. The normalized spacial score (nSPS) is 12.2. The van der Waals surface area contributed by atoms with E-state index in [2.05, 4.69) is 25.9 Å². The molecule has 11 heteroatoms. The van der Waals surface area contributed by atoms with E-state index in [1.807, 2.05) is 24.3 Å². The van der Waals surface area contributed by atoms with E-state index >= 15 is 0 Å². The number of sulfonamides is 1. The Bertz CT molecular complexity index is 1250. The number of amides is 3. The summed E-state index contributed by atoms with van der Waals surface area (Å²) in [7, 11) is -3.99. The molecule has 0 radical (unpaired) electrons. The average Bonchev–Trinajstić information content (AvgIpc) is 3.14. The fourth-order valence-corrected chi connectivity index (χ4v) is 4.21. The largest absolute Gasteiger partial charge is 0.361 e. The number of fused-ring (bicyclic) bond motifs is 1. The van der Waals surface area contributed by atoms with Gasteiger partial charge in [0, 0.05) is 29.7 Å². The van der Waals surface area contributed by atoms with E-state index in [4.69, 9.17) is 0 Å². The summed E-state index contributed by atoms with van der Waals surface area (Å²) in [6.45, 7) is 2.69. The van der Waals surface area contributed by atoms with Crippen molar-refractivity contribution in [2.24, 2.45) is 0 Å². The highest BCUT2D eigenvalue weighted by molar-refractivity contribution is 7.89. The van der Waals surface area contributed by atoms with Gasteiger partial charge in [-0.3, -0.25) is 25.2 Å². The number of benzene rings is 2. The van der Waals surface area contributed by atoms with Crippen molar-refractivity contribution in [3.8, 4) is 0 Å². The molecule has 0 fully saturated rings. The van der Waals surface area contributed by atoms with Crippen molar-refractivity contribution >= 4 is 44.3 Å². The van der Waals surface area contributed by atoms with Crippen LogP contribution < -0.4 is 20.9 Å². The number of para-hydroxylation sites is 1. The molecule has 3 rings (SSSR count). The second-order valence-corrected chi connectivity index (χ2v) is 8.84. The lowest BCUT2D eigenvalue weighted by atomic mass is 10.1. The summed E-state index contributed by atoms with van der Waals surface area (Å²) < 4.78 is 27.2. The fraction of sp³-hybridized carbons (Fsp3) is 0.190. The van der Waals surface area contributed by atoms with Gasteiger partial charge in [-0.05, 0) is 42.8 Å². The zero-order chi connectivity index (χ0) is 23.3. The van der Waals surface area contributed by atoms with E-state index in [0.717, 1.165) is 16.5 Å². The lowest BCUT2D eigenvalue weighted by Crippen LogP contribution is -2.51. The molecule has 0 bridgehead atoms. The summed E-state index contributed by atoms with van der Waals surface area (Å²) in [5.41, 5.74) is 6.62. The maximum absolute atomic E-state index is 12.5. The van der Waals surface area contributed by atoms with Crippen molar-refractivity contribution in [3.63, 3.8) is 0 Å². The van der Waals surface area contributed by atoms with Crippen molar-refractivity contribution in [2.45, 2.75) is 31.2 Å². The Morgan fingerprint density at radius 3 is 2.38 bits per heavy atom. The number of hydrogen-bond donors (Lipinski definition) is 5. The van der Waals surface area contributed by atoms with Gasteiger partial charge in [0.2, 0.25) is 21.8 Å². The molecule has 1 aromatic heterocycles. The Morgan fingerprint density at radius 2 is 1.69 bits per heavy atom. The summed E-state index contributed by atoms with van der Waals surface area (Å²) in [5, 5.41) is 3.44. The summed E-state index contributed by atoms with van der Waals surface area (Å²) in [5.74, 6) is -1.46. The minimum Gasteiger partial charge on any atom is -0.361 e. The SMILES string of the molecule is CC(=O)Nc1ccc(S(=O)(=O)N[C@H](C)C(=O)NNC(=O)Cc2c[nH]c3ccccc23)cc1. The first kappa shape index (κ1) is 23.0. The fourth-order valence-electron chi connectivity index (χ4n) is 3.01. The number of aromatic amines is 1. The molecule has 10 nitrogen and oxygen atoms in total. The molecular formula is C21H23N5O5S. The first-order valence-corrected chi connectivity index (χ1v) is 11.2. The van der Waals surface area contributed by atoms with Gasteiger partial charge in [0.1, 0.15) is 0 Å². The predicted molar refractivity (Wildman–Crippen MR) is 119 cm³/mol. The number of hydrazine groups is 1. The molecule has 3 aromatic rings. The van der Waals surface area contributed by atoms with Crippen molar-refractivity contribution in [1.29, 1.82) is 0 Å². The third-order valence-corrected chi connectivity index (χ3v) is 6.12. The Morgan fingerprint density at radius 1 is 1.00 bits per heavy atom. The average molecular weight is 458 g/mol. The van der Waals surface area contributed by atoms with Crippen LogP contribution in [-0.4, -0.2) is 37.2 Å². The Balaban J connectivity index is 1.53. The van der Waals surface area contributed by atoms with Gasteiger partial charge >= 0.3 is 0 Å². The Kier molecular flexibility index (Phi) is 6.91. The standard InChI is InChI=1S/C21H23N5O5S/c1-13(26-32(30,31)17-9-7-16(8-10-17)23-14(2)27)21(29)25-24-20(28)11-15-12-22-19-6-4-3-5-18(15)19/h3-10,12-13,22,26H,11H2,1-2H3,(H,23,27)(H,24,28)(H,25,29)/t13-/m1/s1. The second kappa shape index (κ2) is 9.62. The highest BCUT2D eigenvalue weighted by Gasteiger charge is 2.22. The maximum atomic E-state index is 12.5. The zero-order valence-electron chi connectivity index (χ0n) is 17.4. The zero-order valence-corrected chi connectivity index (χ0v) is 18.2. The molecule has 32 heavy (non-hydrogen) atoms. The molecule has 2 aromatic carbocycles. The summed E-state index contributed by atoms with van der Waals surface area (Å²) in [6, 6.07) is 11.8. The van der Waals surface area contributed by atoms with Gasteiger partial charge in [0.25, 0.3) is 5.91 Å². The van der Waals surface area contributed by atoms with Crippen LogP contribution >= 0.6 is 0 Å². The van der Waals surface area contributed by atoms with Crippen molar-refractivity contribution in [2.75, 3.05) is 5.32 Å². The van der Waals surface area contributed by atoms with Gasteiger partial charge in [0.05, 0.1) is 17.4 Å². The number of carbonyl (C=O) groups excluding carboxylic acids is 3. The summed E-state index contributed by atoms with van der Waals surface area (Å²) >= 11 is 0. The molecule has 0 saturated heterocycles. The maximum Gasteiger partial charge on any atom is 0.256 e. The van der Waals surface area contributed by atoms with E-state index < -0.39 is 27.9 Å². The molecular weight excluding hydrogens is 434 g/mol. The van der Waals surface area contributed by atoms with Crippen molar-refractivity contribution in [3.05, 3.63) is 60.3 Å². The molecule has 1 heterocycles. The molecule has 3 amide bonds. The highest BCUT2D eigenvalue weighted by atomic mass is 32.2. The van der Waals surface area contributed by atoms with Crippen LogP contribution in [0, 0.1) is 0 Å². The Hall–Kier alpha value is -3.70. The van der Waals surface area contributed by atoms with Crippen LogP contribution in [0.15, 0.2) is 59.6 Å². The third kappa shape index (κ3) is 5.71. The number of aromatic nitrogens is 1. The first-order valence-electron chi connectivity index (χ1n) is 9.69. The minimum absolute atomic E-state index is 0.0328. The number of rotatable bonds is 7. The molecule has 0 aliphatic rings. The van der Waals surface area contributed by atoms with Gasteiger partial charge in [-0.15, -0.1) is 0 Å². The number of hydrogen-bond acceptors (Lipinski definition) is 5. The number of H-pyrrole nitrogens is 1. The van der Waals surface area contributed by atoms with Gasteiger partial charge < -0.3 is 10.3 Å². The molecule has 0 aliphatic carbocycles. The quantitative estimate of drug-likeness (QED) is 0.338. The van der Waals surface area contributed by atoms with Gasteiger partial charge in [-0.25, -0.2) is 8.42 Å². The molecule has 5 N–H and O–H groups in total. The van der Waals surface area contributed by atoms with Crippen LogP contribution in [0.4, 0.5) is 5.69 Å². The summed E-state index contributed by atoms with van der Waals surface area (Å²) in [6.07, 6.45) is 1.76. The van der Waals surface area contributed by atoms with Crippen LogP contribution in [-0.2, 0) is 30.8 Å². The topological polar surface area (TPSA) is 149 Å². The van der Waals surface area contributed by atoms with E-state index in [0.29, 0.717) is 5.69 Å². The third-order valence-electron chi connectivity index (χ3n) is 4.56. The van der Waals surface area contributed by atoms with E-state index in [9.17, 15) is 22.8 Å². The van der Waals surface area contributed by atoms with Crippen LogP contribution in [0.3, 0.4) is 0 Å². The van der Waals surface area contributed by atoms with Gasteiger partial charge in [-0.2, -0.15) is 4.72 Å². The summed E-state index contributed by atoms with van der Waals surface area (Å²) in [4.78, 5) is 38.5. The van der Waals surface area contributed by atoms with E-state index in [1.54, 1.807) is 6.20 Å². The monoisotopic (exact) mass is 457 g/mol. The molecule has 1 atom stereocenters. The lowest BCUT2D eigenvalue weighted by molar-refractivity contribution is -0.129. The predicted octanol–water partition coefficient (Wildman–Crippen LogP) is 1.18. The van der Waals surface area contributed by atoms with Gasteiger partial charge in [-0.1, -0.05) is 18.2 Å². The first-order chi connectivity index (χ1) is 15.2. The molecule has 0 unspecified atom stereocenters. The van der Waals surface area contributed by atoms with Crippen LogP contribution in [0.5, 0.6) is 0 Å². The molecule has 168 valence electrons. The van der Waals surface area contributed by atoms with Crippen LogP contribution in [0.1, 0.15) is 19.4 Å². The number of anilines is 1. The van der Waals surface area contributed by atoms with Crippen molar-refractivity contribution in [1.82, 2.24) is 20.6 Å². The van der Waals surface area contributed by atoms with Crippen LogP contribution in [0.25, 0.3) is 10.9 Å². The van der Waals surface area contributed by atoms with E-state index in [1.165, 1.54) is 38.1 Å². The van der Waals surface area contributed by atoms with Gasteiger partial charge in [0.15, 0.2) is 0 Å². The smallest absolute Gasteiger partial charge is 0.256 e. The number of carbonyl (C=O) groups is 3. The molecule has 0 aliphatic heterocycles. The highest BCUT2D eigenvalue weighted by Crippen LogP contribution is 2.18. The van der Waals surface area contributed by atoms with Crippen molar-refractivity contribution < 1.29 is 22.8 Å². The molecule has 0 spiro atoms. The van der Waals surface area contributed by atoms with E-state index in [-0.39, 0.29) is 17.2 Å². The second-order valence-electron chi connectivity index (χ2n) is 7.12. The molecule has 0 saturated carbocycles. The lowest BCUT2D eigenvalue weighted by Gasteiger charge is -2.15. The minimum atomic E-state index is -3.99.